The van der Waals surface area contributed by atoms with Crippen LogP contribution < -0.4 is 14.8 Å². The highest BCUT2D eigenvalue weighted by Crippen LogP contribution is 2.32. The number of rotatable bonds is 8. The third-order valence-corrected chi connectivity index (χ3v) is 6.28. The van der Waals surface area contributed by atoms with Gasteiger partial charge in [-0.15, -0.1) is 0 Å². The molecule has 4 rings (SSSR count). The Hall–Kier alpha value is -3.05. The second-order valence-corrected chi connectivity index (χ2v) is 9.09. The highest BCUT2D eigenvalue weighted by atomic mass is 35.5. The van der Waals surface area contributed by atoms with Gasteiger partial charge < -0.3 is 14.8 Å². The van der Waals surface area contributed by atoms with E-state index in [9.17, 15) is 9.18 Å². The van der Waals surface area contributed by atoms with E-state index in [1.807, 2.05) is 48.5 Å². The maximum atomic E-state index is 13.9. The van der Waals surface area contributed by atoms with Gasteiger partial charge in [-0.3, -0.25) is 4.79 Å². The van der Waals surface area contributed by atoms with Crippen LogP contribution in [0.25, 0.3) is 11.1 Å². The fourth-order valence-electron chi connectivity index (χ4n) is 4.31. The SMILES string of the molecule is CC(=O)NCCc1ccc(OC2CCC(Oc3ccc(Cl)cc3)CC2)cc1-c1cccc(F)c1. The van der Waals surface area contributed by atoms with E-state index in [1.54, 1.807) is 6.07 Å². The van der Waals surface area contributed by atoms with Crippen LogP contribution in [0, 0.1) is 5.82 Å². The van der Waals surface area contributed by atoms with E-state index in [2.05, 4.69) is 5.32 Å². The standard InChI is InChI=1S/C28H29ClFNO3/c1-19(32)31-16-15-20-5-8-27(18-28(20)21-3-2-4-23(30)17-21)34-26-13-11-25(12-14-26)33-24-9-6-22(29)7-10-24/h2-10,17-18,25-26H,11-16H2,1H3,(H,31,32). The average Bonchev–Trinajstić information content (AvgIpc) is 2.82. The molecule has 4 nitrogen and oxygen atoms in total. The van der Waals surface area contributed by atoms with Crippen LogP contribution in [0.15, 0.2) is 66.7 Å². The van der Waals surface area contributed by atoms with Crippen molar-refractivity contribution in [2.24, 2.45) is 0 Å². The summed E-state index contributed by atoms with van der Waals surface area (Å²) in [6.07, 6.45) is 4.56. The van der Waals surface area contributed by atoms with Crippen LogP contribution in [0.1, 0.15) is 38.2 Å². The summed E-state index contributed by atoms with van der Waals surface area (Å²) in [4.78, 5) is 11.3. The predicted octanol–water partition coefficient (Wildman–Crippen LogP) is 6.59. The van der Waals surface area contributed by atoms with E-state index in [0.717, 1.165) is 53.9 Å². The highest BCUT2D eigenvalue weighted by Gasteiger charge is 2.24. The van der Waals surface area contributed by atoms with E-state index >= 15 is 0 Å². The van der Waals surface area contributed by atoms with E-state index in [4.69, 9.17) is 21.1 Å². The van der Waals surface area contributed by atoms with Crippen LogP contribution in [0.3, 0.4) is 0 Å². The number of carbonyl (C=O) groups excluding carboxylic acids is 1. The molecule has 178 valence electrons. The molecule has 0 heterocycles. The Balaban J connectivity index is 1.41. The van der Waals surface area contributed by atoms with Crippen LogP contribution >= 0.6 is 11.6 Å². The van der Waals surface area contributed by atoms with Crippen LogP contribution in [-0.4, -0.2) is 24.7 Å². The van der Waals surface area contributed by atoms with Crippen LogP contribution in [0.5, 0.6) is 11.5 Å². The van der Waals surface area contributed by atoms with Gasteiger partial charge in [0.2, 0.25) is 5.91 Å². The molecule has 1 aliphatic carbocycles. The van der Waals surface area contributed by atoms with Crippen molar-refractivity contribution >= 4 is 17.5 Å². The molecule has 0 aromatic heterocycles. The molecule has 0 unspecified atom stereocenters. The molecule has 1 fully saturated rings. The van der Waals surface area contributed by atoms with Gasteiger partial charge in [-0.25, -0.2) is 4.39 Å². The number of hydrogen-bond acceptors (Lipinski definition) is 3. The zero-order valence-electron chi connectivity index (χ0n) is 19.2. The molecule has 1 aliphatic rings. The molecule has 0 saturated heterocycles. The lowest BCUT2D eigenvalue weighted by atomic mass is 9.94. The highest BCUT2D eigenvalue weighted by molar-refractivity contribution is 6.30. The van der Waals surface area contributed by atoms with Gasteiger partial charge in [0.15, 0.2) is 0 Å². The first-order valence-electron chi connectivity index (χ1n) is 11.7. The zero-order valence-corrected chi connectivity index (χ0v) is 20.0. The van der Waals surface area contributed by atoms with Crippen molar-refractivity contribution in [3.05, 3.63) is 83.1 Å². The number of ether oxygens (including phenoxy) is 2. The van der Waals surface area contributed by atoms with Gasteiger partial charge in [-0.1, -0.05) is 29.8 Å². The van der Waals surface area contributed by atoms with Gasteiger partial charge in [0.05, 0.1) is 12.2 Å². The Kier molecular flexibility index (Phi) is 8.07. The summed E-state index contributed by atoms with van der Waals surface area (Å²) in [6, 6.07) is 20.0. The molecule has 34 heavy (non-hydrogen) atoms. The number of hydrogen-bond donors (Lipinski definition) is 1. The summed E-state index contributed by atoms with van der Waals surface area (Å²) < 4.78 is 26.3. The average molecular weight is 482 g/mol. The topological polar surface area (TPSA) is 47.6 Å². The van der Waals surface area contributed by atoms with Crippen LogP contribution in [0.4, 0.5) is 4.39 Å². The van der Waals surface area contributed by atoms with Gasteiger partial charge in [0, 0.05) is 18.5 Å². The lowest BCUT2D eigenvalue weighted by molar-refractivity contribution is -0.118. The fraction of sp³-hybridized carbons (Fsp3) is 0.321. The number of benzene rings is 3. The predicted molar refractivity (Wildman–Crippen MR) is 133 cm³/mol. The molecule has 0 atom stereocenters. The number of halogens is 2. The molecule has 0 radical (unpaired) electrons. The summed E-state index contributed by atoms with van der Waals surface area (Å²) >= 11 is 5.95. The van der Waals surface area contributed by atoms with Crippen molar-refractivity contribution in [2.75, 3.05) is 6.54 Å². The molecule has 1 saturated carbocycles. The van der Waals surface area contributed by atoms with Crippen LogP contribution in [0.2, 0.25) is 5.02 Å². The largest absolute Gasteiger partial charge is 0.490 e. The maximum absolute atomic E-state index is 13.9. The summed E-state index contributed by atoms with van der Waals surface area (Å²) in [7, 11) is 0. The Morgan fingerprint density at radius 3 is 2.24 bits per heavy atom. The molecule has 6 heteroatoms. The smallest absolute Gasteiger partial charge is 0.216 e. The fourth-order valence-corrected chi connectivity index (χ4v) is 4.44. The molecule has 0 aliphatic heterocycles. The second kappa shape index (κ2) is 11.4. The minimum absolute atomic E-state index is 0.0668. The third-order valence-electron chi connectivity index (χ3n) is 6.03. The summed E-state index contributed by atoms with van der Waals surface area (Å²) in [5.74, 6) is 1.26. The van der Waals surface area contributed by atoms with Gasteiger partial charge >= 0.3 is 0 Å². The monoisotopic (exact) mass is 481 g/mol. The van der Waals surface area contributed by atoms with Crippen molar-refractivity contribution in [2.45, 2.75) is 51.2 Å². The summed E-state index contributed by atoms with van der Waals surface area (Å²) in [6.45, 7) is 2.02. The van der Waals surface area contributed by atoms with Crippen molar-refractivity contribution in [3.63, 3.8) is 0 Å². The van der Waals surface area contributed by atoms with E-state index in [0.29, 0.717) is 18.0 Å². The van der Waals surface area contributed by atoms with E-state index < -0.39 is 0 Å². The molecule has 1 amide bonds. The third kappa shape index (κ3) is 6.73. The lowest BCUT2D eigenvalue weighted by Crippen LogP contribution is -2.30. The normalized spacial score (nSPS) is 17.7. The molecule has 1 N–H and O–H groups in total. The Bertz CT molecular complexity index is 1110. The number of carbonyl (C=O) groups is 1. The molecule has 3 aromatic carbocycles. The summed E-state index contributed by atoms with van der Waals surface area (Å²) in [5.41, 5.74) is 2.75. The van der Waals surface area contributed by atoms with Gasteiger partial charge in [-0.05, 0) is 97.3 Å². The van der Waals surface area contributed by atoms with E-state index in [1.165, 1.54) is 19.1 Å². The first-order valence-corrected chi connectivity index (χ1v) is 12.1. The van der Waals surface area contributed by atoms with Gasteiger partial charge in [0.1, 0.15) is 17.3 Å². The van der Waals surface area contributed by atoms with E-state index in [-0.39, 0.29) is 23.9 Å². The lowest BCUT2D eigenvalue weighted by Gasteiger charge is -2.29. The molecule has 0 spiro atoms. The molecule has 3 aromatic rings. The minimum Gasteiger partial charge on any atom is -0.490 e. The molecular weight excluding hydrogens is 453 g/mol. The summed E-state index contributed by atoms with van der Waals surface area (Å²) in [5, 5.41) is 3.52. The first kappa shape index (κ1) is 24.1. The van der Waals surface area contributed by atoms with Gasteiger partial charge in [-0.2, -0.15) is 0 Å². The number of nitrogens with one attached hydrogen (secondary N) is 1. The van der Waals surface area contributed by atoms with Crippen molar-refractivity contribution in [1.29, 1.82) is 0 Å². The zero-order chi connectivity index (χ0) is 23.9. The Morgan fingerprint density at radius 1 is 0.941 bits per heavy atom. The van der Waals surface area contributed by atoms with Gasteiger partial charge in [0.25, 0.3) is 0 Å². The Labute approximate surface area is 205 Å². The van der Waals surface area contributed by atoms with Crippen molar-refractivity contribution < 1.29 is 18.7 Å². The Morgan fingerprint density at radius 2 is 1.59 bits per heavy atom. The maximum Gasteiger partial charge on any atom is 0.216 e. The molecule has 0 bridgehead atoms. The molecular formula is C28H29ClFNO3. The van der Waals surface area contributed by atoms with Crippen molar-refractivity contribution in [1.82, 2.24) is 5.32 Å². The quantitative estimate of drug-likeness (QED) is 0.394. The first-order chi connectivity index (χ1) is 16.5. The minimum atomic E-state index is -0.282. The number of amides is 1. The van der Waals surface area contributed by atoms with Crippen LogP contribution in [-0.2, 0) is 11.2 Å². The second-order valence-electron chi connectivity index (χ2n) is 8.65. The van der Waals surface area contributed by atoms with Crippen molar-refractivity contribution in [3.8, 4) is 22.6 Å².